The van der Waals surface area contributed by atoms with E-state index in [0.717, 1.165) is 71.0 Å². The van der Waals surface area contributed by atoms with E-state index >= 15 is 0 Å². The summed E-state index contributed by atoms with van der Waals surface area (Å²) in [6.07, 6.45) is 4.41. The topological polar surface area (TPSA) is 388 Å². The van der Waals surface area contributed by atoms with Crippen LogP contribution in [0.3, 0.4) is 0 Å². The molecule has 1 N–H and O–H groups in total. The Morgan fingerprint density at radius 3 is 0.899 bits per heavy atom. The van der Waals surface area contributed by atoms with Gasteiger partial charge in [-0.15, -0.1) is 0 Å². The molecule has 16 aromatic rings. The van der Waals surface area contributed by atoms with Gasteiger partial charge >= 0.3 is 46.4 Å². The van der Waals surface area contributed by atoms with Crippen molar-refractivity contribution in [1.82, 2.24) is 0 Å². The molecule has 0 aliphatic heterocycles. The highest BCUT2D eigenvalue weighted by molar-refractivity contribution is 6.03. The number of hydrogen-bond acceptors (Lipinski definition) is 29. The SMILES string of the molecule is CCC(=O)Oc1ccc2cc(CC(=O)c3ccc(OC)c(-c4cccc(OC)c4)c3)c(=O)oc2c1C.CCCCCC(=O)Oc1ccc2cc(CC(=O)c3ccc(OC)c(-c4cccc(OC)c4)c3)c(=O)oc2c1C.COc1cccc(-c2cc(C(=O)Cc3cc4cc(CO)c(OC(C)=O)c(C)c4oc3=O)ccc2OC)c1.COc1cccc(-c2cc(C(=O)Cc3cc4ccc(OC(=O)C5CC5)c(C)c4oc3=O)ccc2OC)c1. The minimum absolute atomic E-state index is 0.0436. The molecular weight excluding hydrogens is 1910 g/mol. The molecule has 1 fully saturated rings. The minimum atomic E-state index is -0.670. The summed E-state index contributed by atoms with van der Waals surface area (Å²) in [5.74, 6) is 3.82. The lowest BCUT2D eigenvalue weighted by Crippen LogP contribution is -2.14. The number of fused-ring (bicyclic) bond motifs is 4. The van der Waals surface area contributed by atoms with Crippen molar-refractivity contribution in [3.05, 3.63) is 351 Å². The molecule has 0 radical (unpaired) electrons. The third-order valence-corrected chi connectivity index (χ3v) is 25.1. The van der Waals surface area contributed by atoms with Crippen LogP contribution in [0, 0.1) is 33.6 Å². The van der Waals surface area contributed by atoms with Gasteiger partial charge in [0.25, 0.3) is 0 Å². The predicted molar refractivity (Wildman–Crippen MR) is 562 cm³/mol. The number of aliphatic hydroxyl groups excluding tert-OH is 1. The van der Waals surface area contributed by atoms with E-state index in [0.29, 0.717) is 164 Å². The van der Waals surface area contributed by atoms with Gasteiger partial charge in [0.1, 0.15) is 91.3 Å². The largest absolute Gasteiger partial charge is 0.497 e. The Morgan fingerprint density at radius 1 is 0.315 bits per heavy atom. The van der Waals surface area contributed by atoms with E-state index in [1.165, 1.54) is 6.92 Å². The summed E-state index contributed by atoms with van der Waals surface area (Å²) in [5, 5.41) is 12.2. The lowest BCUT2D eigenvalue weighted by molar-refractivity contribution is -0.136. The van der Waals surface area contributed by atoms with E-state index in [1.54, 1.807) is 231 Å². The summed E-state index contributed by atoms with van der Waals surface area (Å²) >= 11 is 0. The molecule has 0 atom stereocenters. The molecule has 1 saturated carbocycles. The molecule has 1 aliphatic carbocycles. The summed E-state index contributed by atoms with van der Waals surface area (Å²) in [5.41, 5.74) is 10.0. The van der Waals surface area contributed by atoms with Gasteiger partial charge in [-0.1, -0.05) is 75.2 Å². The van der Waals surface area contributed by atoms with E-state index < -0.39 is 28.5 Å². The molecule has 0 unspecified atom stereocenters. The fourth-order valence-corrected chi connectivity index (χ4v) is 16.9. The maximum absolute atomic E-state index is 13.3. The van der Waals surface area contributed by atoms with Crippen molar-refractivity contribution in [2.24, 2.45) is 5.92 Å². The van der Waals surface area contributed by atoms with Gasteiger partial charge in [0.05, 0.1) is 69.4 Å². The minimum Gasteiger partial charge on any atom is -0.497 e. The molecule has 0 amide bonds. The molecule has 1 aliphatic rings. The first kappa shape index (κ1) is 107. The average Bonchev–Trinajstić information content (AvgIpc) is 0.936. The number of unbranched alkanes of at least 4 members (excludes halogenated alkanes) is 2. The number of aryl methyl sites for hydroxylation is 4. The standard InChI is InChI=1S/C32H32O7.C30H26O7.C29H26O8.C29H26O7/c1-5-6-7-11-30(34)38-28-14-13-23-16-24(32(35)39-31(23)20(28)2)19-27(33)22-12-15-29(37-4)26(18-22)21-9-8-10-25(17-21)36-3;1-17-26(36-29(32)18-7-8-18)11-10-21-13-22(30(33)37-28(17)21)16-25(31)20-9-12-27(35-3)24(15-20)19-5-4-6-23(14-19)34-2;1-16-27-20(11-22(15-30)28(16)36-17(2)31)10-21(29(33)37-27)14-25(32)19-8-9-26(35-4)24(13-19)18-6-5-7-23(12-18)34-3;1-5-27(31)35-25-11-10-20-13-21(29(32)36-28(20)17(25)2)16-24(30)19-9-12-26(34-4)23(15-19)18-7-6-8-22(14-18)33-3/h8-10,12-18H,5-7,11,19H2,1-4H3;4-6,9-15,18H,7-8,16H2,1-3H3;5-13,30H,14-15H2,1-4H3;6-15H,5,16H2,1-4H3. The highest BCUT2D eigenvalue weighted by atomic mass is 16.6. The van der Waals surface area contributed by atoms with E-state index in [1.807, 2.05) is 97.1 Å². The summed E-state index contributed by atoms with van der Waals surface area (Å²) in [7, 11) is 12.6. The second-order valence-corrected chi connectivity index (χ2v) is 35.2. The number of ether oxygens (including phenoxy) is 12. The molecule has 0 saturated heterocycles. The van der Waals surface area contributed by atoms with Crippen LogP contribution in [0.15, 0.2) is 273 Å². The van der Waals surface area contributed by atoms with Gasteiger partial charge in [-0.25, -0.2) is 19.2 Å². The first-order chi connectivity index (χ1) is 71.8. The van der Waals surface area contributed by atoms with Crippen LogP contribution in [0.5, 0.6) is 69.0 Å². The summed E-state index contributed by atoms with van der Waals surface area (Å²) in [6.45, 7) is 11.5. The Morgan fingerprint density at radius 2 is 0.611 bits per heavy atom. The second-order valence-electron chi connectivity index (χ2n) is 35.2. The van der Waals surface area contributed by atoms with Gasteiger partial charge in [0, 0.05) is 162 Å². The fourth-order valence-electron chi connectivity index (χ4n) is 16.9. The molecule has 17 rings (SSSR count). The smallest absolute Gasteiger partial charge is 0.339 e. The first-order valence-electron chi connectivity index (χ1n) is 47.9. The van der Waals surface area contributed by atoms with Crippen molar-refractivity contribution in [2.75, 3.05) is 56.9 Å². The molecule has 764 valence electrons. The Labute approximate surface area is 856 Å². The highest BCUT2D eigenvalue weighted by Crippen LogP contribution is 2.42. The number of rotatable bonds is 35. The van der Waals surface area contributed by atoms with Crippen LogP contribution in [0.2, 0.25) is 0 Å². The molecule has 0 bridgehead atoms. The van der Waals surface area contributed by atoms with E-state index in [-0.39, 0.29) is 119 Å². The molecule has 29 nitrogen and oxygen atoms in total. The van der Waals surface area contributed by atoms with Crippen molar-refractivity contribution >= 4 is 90.9 Å². The number of Topliss-reactive ketones (excluding diaryl/α,β-unsaturated/α-hetero) is 4. The van der Waals surface area contributed by atoms with Crippen LogP contribution in [-0.2, 0) is 51.5 Å². The van der Waals surface area contributed by atoms with Crippen LogP contribution >= 0.6 is 0 Å². The normalized spacial score (nSPS) is 11.3. The van der Waals surface area contributed by atoms with E-state index in [9.17, 15) is 62.6 Å². The molecule has 149 heavy (non-hydrogen) atoms. The Hall–Kier alpha value is -17.6. The molecule has 12 aromatic carbocycles. The third kappa shape index (κ3) is 25.7. The van der Waals surface area contributed by atoms with Gasteiger partial charge < -0.3 is 79.6 Å². The Kier molecular flexibility index (Phi) is 35.1. The first-order valence-corrected chi connectivity index (χ1v) is 47.9. The lowest BCUT2D eigenvalue weighted by atomic mass is 9.97. The van der Waals surface area contributed by atoms with Gasteiger partial charge in [0.15, 0.2) is 23.1 Å². The summed E-state index contributed by atoms with van der Waals surface area (Å²) < 4.78 is 87.0. The van der Waals surface area contributed by atoms with Crippen LogP contribution in [0.1, 0.15) is 157 Å². The van der Waals surface area contributed by atoms with Crippen molar-refractivity contribution in [3.63, 3.8) is 0 Å². The number of methoxy groups -OCH3 is 8. The number of hydrogen-bond donors (Lipinski definition) is 1. The van der Waals surface area contributed by atoms with Crippen molar-refractivity contribution in [3.8, 4) is 114 Å². The number of carbonyl (C=O) groups is 8. The molecular formula is C120H110O29. The summed E-state index contributed by atoms with van der Waals surface area (Å²) in [4.78, 5) is 151. The van der Waals surface area contributed by atoms with Crippen LogP contribution < -0.4 is 79.3 Å². The zero-order chi connectivity index (χ0) is 107. The average molecular weight is 2020 g/mol. The molecule has 0 spiro atoms. The number of carbonyl (C=O) groups excluding carboxylic acids is 8. The number of esters is 4. The predicted octanol–water partition coefficient (Wildman–Crippen LogP) is 22.4. The zero-order valence-corrected chi connectivity index (χ0v) is 85.0. The maximum atomic E-state index is 13.3. The number of aliphatic hydroxyl groups is 1. The van der Waals surface area contributed by atoms with Crippen molar-refractivity contribution in [2.45, 2.75) is 126 Å². The molecule has 29 heteroatoms. The van der Waals surface area contributed by atoms with Gasteiger partial charge in [0.2, 0.25) is 0 Å². The maximum Gasteiger partial charge on any atom is 0.339 e. The van der Waals surface area contributed by atoms with E-state index in [4.69, 9.17) is 74.5 Å². The summed E-state index contributed by atoms with van der Waals surface area (Å²) in [6, 6.07) is 68.6. The molecule has 4 heterocycles. The lowest BCUT2D eigenvalue weighted by Gasteiger charge is -2.13. The Balaban J connectivity index is 0.000000157. The van der Waals surface area contributed by atoms with Gasteiger partial charge in [-0.3, -0.25) is 38.4 Å². The molecule has 4 aromatic heterocycles. The second kappa shape index (κ2) is 48.9. The quantitative estimate of drug-likeness (QED) is 0.0127. The monoisotopic (exact) mass is 2010 g/mol. The van der Waals surface area contributed by atoms with E-state index in [2.05, 4.69) is 6.92 Å². The van der Waals surface area contributed by atoms with Crippen molar-refractivity contribution in [1.29, 1.82) is 0 Å². The van der Waals surface area contributed by atoms with Gasteiger partial charge in [-0.05, 0) is 257 Å². The number of benzene rings is 12. The van der Waals surface area contributed by atoms with Crippen LogP contribution in [-0.4, -0.2) is 109 Å². The van der Waals surface area contributed by atoms with Gasteiger partial charge in [-0.2, -0.15) is 0 Å². The van der Waals surface area contributed by atoms with Crippen LogP contribution in [0.25, 0.3) is 88.4 Å². The Bertz CT molecular complexity index is 8100. The third-order valence-electron chi connectivity index (χ3n) is 25.1. The zero-order valence-electron chi connectivity index (χ0n) is 85.0. The van der Waals surface area contributed by atoms with Crippen molar-refractivity contribution < 1.29 is 118 Å². The number of ketones is 4. The van der Waals surface area contributed by atoms with Crippen LogP contribution in [0.4, 0.5) is 0 Å². The fraction of sp³-hybridized carbons (Fsp3) is 0.233. The highest BCUT2D eigenvalue weighted by Gasteiger charge is 2.33.